The molecule has 4 rings (SSSR count). The normalized spacial score (nSPS) is 24.7. The second-order valence-electron chi connectivity index (χ2n) is 11.2. The van der Waals surface area contributed by atoms with E-state index in [0.29, 0.717) is 57.6 Å². The van der Waals surface area contributed by atoms with Gasteiger partial charge in [-0.1, -0.05) is 28.1 Å². The van der Waals surface area contributed by atoms with E-state index >= 15 is 0 Å². The highest BCUT2D eigenvalue weighted by molar-refractivity contribution is 9.10. The van der Waals surface area contributed by atoms with Crippen LogP contribution < -0.4 is 0 Å². The number of benzene rings is 2. The number of hydrogen-bond donors (Lipinski definition) is 1. The maximum atomic E-state index is 13.5. The van der Waals surface area contributed by atoms with Gasteiger partial charge >= 0.3 is 18.3 Å². The van der Waals surface area contributed by atoms with Gasteiger partial charge in [0, 0.05) is 16.9 Å². The molecule has 2 saturated heterocycles. The van der Waals surface area contributed by atoms with Crippen molar-refractivity contribution in [1.29, 1.82) is 0 Å². The van der Waals surface area contributed by atoms with E-state index in [2.05, 4.69) is 20.8 Å². The molecular formula is C29H32BrF6NO4. The molecule has 226 valence electrons. The first-order valence-electron chi connectivity index (χ1n) is 13.3. The van der Waals surface area contributed by atoms with Gasteiger partial charge < -0.3 is 19.5 Å². The van der Waals surface area contributed by atoms with E-state index in [1.807, 2.05) is 24.3 Å². The highest BCUT2D eigenvalue weighted by Crippen LogP contribution is 2.43. The van der Waals surface area contributed by atoms with E-state index in [9.17, 15) is 36.2 Å². The minimum atomic E-state index is -4.97. The Bertz CT molecular complexity index is 1200. The van der Waals surface area contributed by atoms with Crippen LogP contribution in [-0.4, -0.2) is 48.5 Å². The van der Waals surface area contributed by atoms with Crippen LogP contribution in [0, 0.1) is 11.3 Å². The van der Waals surface area contributed by atoms with Crippen LogP contribution in [0.15, 0.2) is 46.9 Å². The average molecular weight is 652 g/mol. The second-order valence-corrected chi connectivity index (χ2v) is 12.1. The van der Waals surface area contributed by atoms with Crippen molar-refractivity contribution in [2.24, 2.45) is 11.3 Å². The third kappa shape index (κ3) is 7.63. The van der Waals surface area contributed by atoms with Crippen LogP contribution in [-0.2, 0) is 26.6 Å². The molecule has 0 saturated carbocycles. The summed E-state index contributed by atoms with van der Waals surface area (Å²) in [5, 5.41) is 9.58. The zero-order valence-electron chi connectivity index (χ0n) is 22.6. The molecule has 1 unspecified atom stereocenters. The van der Waals surface area contributed by atoms with E-state index in [4.69, 9.17) is 9.47 Å². The zero-order valence-corrected chi connectivity index (χ0v) is 24.2. The standard InChI is InChI=1S/C29H32BrF6NO4/c1-17(20-12-21(28(31,32)33)15-22(13-20)29(34,35)36)41-25-24(18-4-3-5-23(30)14-18)19(6-11-40-25)16-37-9-7-27(2,8-10-37)26(38)39/h3-5,12-15,17,19,24-25H,6-11,16H2,1-2H3,(H,38,39)/t17?,19-,24+,25-/m1/s1. The fraction of sp³-hybridized carbons (Fsp3) is 0.552. The van der Waals surface area contributed by atoms with Gasteiger partial charge in [-0.05, 0) is 93.6 Å². The Morgan fingerprint density at radius 2 is 1.71 bits per heavy atom. The summed E-state index contributed by atoms with van der Waals surface area (Å²) in [5.74, 6) is -1.21. The molecule has 2 aromatic carbocycles. The molecule has 41 heavy (non-hydrogen) atoms. The highest BCUT2D eigenvalue weighted by atomic mass is 79.9. The lowest BCUT2D eigenvalue weighted by molar-refractivity contribution is -0.210. The molecule has 4 atom stereocenters. The van der Waals surface area contributed by atoms with E-state index in [-0.39, 0.29) is 23.5 Å². The van der Waals surface area contributed by atoms with E-state index in [1.165, 1.54) is 6.92 Å². The Morgan fingerprint density at radius 1 is 1.10 bits per heavy atom. The van der Waals surface area contributed by atoms with E-state index in [1.54, 1.807) is 6.92 Å². The van der Waals surface area contributed by atoms with Crippen molar-refractivity contribution in [2.75, 3.05) is 26.2 Å². The predicted molar refractivity (Wildman–Crippen MR) is 142 cm³/mol. The molecule has 0 bridgehead atoms. The Hall–Kier alpha value is -2.15. The van der Waals surface area contributed by atoms with Gasteiger partial charge in [0.2, 0.25) is 0 Å². The number of piperidine rings is 1. The van der Waals surface area contributed by atoms with Crippen LogP contribution in [0.25, 0.3) is 0 Å². The minimum Gasteiger partial charge on any atom is -0.481 e. The van der Waals surface area contributed by atoms with Crippen molar-refractivity contribution in [3.05, 3.63) is 69.2 Å². The number of carbonyl (C=O) groups is 1. The van der Waals surface area contributed by atoms with Crippen molar-refractivity contribution >= 4 is 21.9 Å². The van der Waals surface area contributed by atoms with Crippen LogP contribution in [0.1, 0.15) is 67.4 Å². The van der Waals surface area contributed by atoms with Crippen LogP contribution in [0.4, 0.5) is 26.3 Å². The molecule has 0 aliphatic carbocycles. The van der Waals surface area contributed by atoms with Crippen LogP contribution in [0.5, 0.6) is 0 Å². The molecule has 0 amide bonds. The van der Waals surface area contributed by atoms with Crippen molar-refractivity contribution in [1.82, 2.24) is 4.90 Å². The Balaban J connectivity index is 1.60. The molecule has 0 spiro atoms. The van der Waals surface area contributed by atoms with E-state index in [0.717, 1.165) is 10.0 Å². The topological polar surface area (TPSA) is 59.0 Å². The molecule has 2 aliphatic heterocycles. The molecule has 12 heteroatoms. The summed E-state index contributed by atoms with van der Waals surface area (Å²) >= 11 is 3.47. The lowest BCUT2D eigenvalue weighted by Crippen LogP contribution is -2.47. The number of alkyl halides is 6. The number of nitrogens with zero attached hydrogens (tertiary/aromatic N) is 1. The average Bonchev–Trinajstić information content (AvgIpc) is 2.89. The predicted octanol–water partition coefficient (Wildman–Crippen LogP) is 7.90. The number of carboxylic acid groups (broad SMARTS) is 1. The summed E-state index contributed by atoms with van der Waals surface area (Å²) in [4.78, 5) is 13.9. The molecule has 2 fully saturated rings. The summed E-state index contributed by atoms with van der Waals surface area (Å²) in [6, 6.07) is 8.94. The molecule has 0 aromatic heterocycles. The molecule has 1 N–H and O–H groups in total. The van der Waals surface area contributed by atoms with Gasteiger partial charge in [-0.15, -0.1) is 0 Å². The molecule has 5 nitrogen and oxygen atoms in total. The monoisotopic (exact) mass is 651 g/mol. The number of halogens is 7. The SMILES string of the molecule is CC(O[C@H]1OCC[C@H](CN2CCC(C)(C(=O)O)CC2)[C@@H]1c1cccc(Br)c1)c1cc(C(F)(F)F)cc(C(F)(F)F)c1. The first-order valence-corrected chi connectivity index (χ1v) is 14.1. The second kappa shape index (κ2) is 12.2. The van der Waals surface area contributed by atoms with Crippen molar-refractivity contribution in [3.8, 4) is 0 Å². The number of carboxylic acids is 1. The summed E-state index contributed by atoms with van der Waals surface area (Å²) in [7, 11) is 0. The Morgan fingerprint density at radius 3 is 2.24 bits per heavy atom. The molecular weight excluding hydrogens is 620 g/mol. The smallest absolute Gasteiger partial charge is 0.416 e. The van der Waals surface area contributed by atoms with Crippen molar-refractivity contribution < 1.29 is 45.7 Å². The largest absolute Gasteiger partial charge is 0.481 e. The van der Waals surface area contributed by atoms with Gasteiger partial charge in [0.1, 0.15) is 0 Å². The van der Waals surface area contributed by atoms with Crippen molar-refractivity contribution in [3.63, 3.8) is 0 Å². The number of rotatable bonds is 7. The lowest BCUT2D eigenvalue weighted by Gasteiger charge is -2.43. The van der Waals surface area contributed by atoms with Gasteiger partial charge in [0.05, 0.1) is 29.3 Å². The Kier molecular flexibility index (Phi) is 9.47. The molecule has 2 heterocycles. The third-order valence-corrected chi connectivity index (χ3v) is 8.68. The van der Waals surface area contributed by atoms with Gasteiger partial charge in [-0.25, -0.2) is 0 Å². The van der Waals surface area contributed by atoms with Crippen LogP contribution >= 0.6 is 15.9 Å². The third-order valence-electron chi connectivity index (χ3n) is 8.19. The maximum absolute atomic E-state index is 13.5. The fourth-order valence-electron chi connectivity index (χ4n) is 5.58. The first-order chi connectivity index (χ1) is 19.1. The van der Waals surface area contributed by atoms with Crippen molar-refractivity contribution in [2.45, 2.75) is 63.8 Å². The first kappa shape index (κ1) is 31.8. The van der Waals surface area contributed by atoms with Gasteiger partial charge in [0.25, 0.3) is 0 Å². The summed E-state index contributed by atoms with van der Waals surface area (Å²) in [6.07, 6.45) is -10.3. The van der Waals surface area contributed by atoms with E-state index < -0.39 is 47.3 Å². The number of aliphatic carboxylic acids is 1. The number of ether oxygens (including phenoxy) is 2. The fourth-order valence-corrected chi connectivity index (χ4v) is 6.00. The number of likely N-dealkylation sites (tertiary alicyclic amines) is 1. The lowest BCUT2D eigenvalue weighted by atomic mass is 9.78. The van der Waals surface area contributed by atoms with Crippen LogP contribution in [0.2, 0.25) is 0 Å². The zero-order chi connectivity index (χ0) is 30.2. The molecule has 2 aromatic rings. The minimum absolute atomic E-state index is 0.0170. The summed E-state index contributed by atoms with van der Waals surface area (Å²) in [5.41, 5.74) is -2.98. The van der Waals surface area contributed by atoms with Crippen LogP contribution in [0.3, 0.4) is 0 Å². The number of hydrogen-bond acceptors (Lipinski definition) is 4. The highest BCUT2D eigenvalue weighted by Gasteiger charge is 2.42. The summed E-state index contributed by atoms with van der Waals surface area (Å²) in [6.45, 7) is 5.26. The summed E-state index contributed by atoms with van der Waals surface area (Å²) < 4.78 is 93.7. The van der Waals surface area contributed by atoms with Gasteiger partial charge in [-0.2, -0.15) is 26.3 Å². The van der Waals surface area contributed by atoms with Gasteiger partial charge in [-0.3, -0.25) is 4.79 Å². The Labute approximate surface area is 242 Å². The molecule has 0 radical (unpaired) electrons. The maximum Gasteiger partial charge on any atom is 0.416 e. The quantitative estimate of drug-likeness (QED) is 0.309. The van der Waals surface area contributed by atoms with Gasteiger partial charge in [0.15, 0.2) is 6.29 Å². The molecule has 2 aliphatic rings.